The quantitative estimate of drug-likeness (QED) is 0.656. The Bertz CT molecular complexity index is 658. The van der Waals surface area contributed by atoms with Crippen LogP contribution in [0.15, 0.2) is 42.5 Å². The smallest absolute Gasteiger partial charge is 0.124 e. The molecule has 110 valence electrons. The second-order valence-corrected chi connectivity index (χ2v) is 4.78. The van der Waals surface area contributed by atoms with Gasteiger partial charge in [0.1, 0.15) is 17.4 Å². The Hall–Kier alpha value is -2.56. The van der Waals surface area contributed by atoms with Gasteiger partial charge in [0.2, 0.25) is 0 Å². The van der Waals surface area contributed by atoms with Crippen LogP contribution in [-0.2, 0) is 6.54 Å². The summed E-state index contributed by atoms with van der Waals surface area (Å²) in [6.45, 7) is 0.505. The monoisotopic (exact) mass is 287 g/mol. The number of nitrogens with two attached hydrogens (primary N) is 1. The first-order chi connectivity index (χ1) is 10.0. The van der Waals surface area contributed by atoms with Gasteiger partial charge >= 0.3 is 0 Å². The fraction of sp³-hybridized carbons (Fsp3) is 0.188. The van der Waals surface area contributed by atoms with Gasteiger partial charge in [0.25, 0.3) is 0 Å². The number of ether oxygens (including phenoxy) is 1. The van der Waals surface area contributed by atoms with Crippen LogP contribution in [0.4, 0.5) is 10.1 Å². The van der Waals surface area contributed by atoms with Crippen LogP contribution in [0.1, 0.15) is 11.1 Å². The predicted molar refractivity (Wildman–Crippen MR) is 82.5 cm³/mol. The molecule has 5 heteroatoms. The molecular weight excluding hydrogens is 269 g/mol. The van der Waals surface area contributed by atoms with E-state index in [1.807, 2.05) is 24.1 Å². The number of amidine groups is 1. The van der Waals surface area contributed by atoms with Crippen molar-refractivity contribution in [3.63, 3.8) is 0 Å². The summed E-state index contributed by atoms with van der Waals surface area (Å²) in [5, 5.41) is 7.66. The Morgan fingerprint density at radius 1 is 1.29 bits per heavy atom. The maximum absolute atomic E-state index is 13.3. The summed E-state index contributed by atoms with van der Waals surface area (Å²) in [5.41, 5.74) is 7.85. The van der Waals surface area contributed by atoms with Crippen molar-refractivity contribution in [2.24, 2.45) is 5.73 Å². The van der Waals surface area contributed by atoms with Gasteiger partial charge in [-0.1, -0.05) is 12.1 Å². The molecule has 0 aliphatic carbocycles. The van der Waals surface area contributed by atoms with E-state index < -0.39 is 0 Å². The van der Waals surface area contributed by atoms with Gasteiger partial charge < -0.3 is 15.4 Å². The van der Waals surface area contributed by atoms with Gasteiger partial charge in [0.05, 0.1) is 12.8 Å². The fourth-order valence-electron chi connectivity index (χ4n) is 2.18. The van der Waals surface area contributed by atoms with Crippen LogP contribution >= 0.6 is 0 Å². The van der Waals surface area contributed by atoms with E-state index >= 15 is 0 Å². The van der Waals surface area contributed by atoms with E-state index in [4.69, 9.17) is 15.9 Å². The molecule has 4 nitrogen and oxygen atoms in total. The molecule has 0 aromatic heterocycles. The molecule has 2 aromatic rings. The van der Waals surface area contributed by atoms with Crippen molar-refractivity contribution >= 4 is 11.5 Å². The van der Waals surface area contributed by atoms with Crippen LogP contribution in [0.25, 0.3) is 0 Å². The van der Waals surface area contributed by atoms with Crippen molar-refractivity contribution in [1.82, 2.24) is 0 Å². The van der Waals surface area contributed by atoms with Crippen molar-refractivity contribution in [2.45, 2.75) is 6.54 Å². The molecule has 0 bridgehead atoms. The number of anilines is 1. The highest BCUT2D eigenvalue weighted by atomic mass is 19.1. The molecule has 0 amide bonds. The summed E-state index contributed by atoms with van der Waals surface area (Å²) in [7, 11) is 3.45. The molecule has 0 saturated heterocycles. The zero-order valence-corrected chi connectivity index (χ0v) is 12.1. The first kappa shape index (κ1) is 14.8. The Morgan fingerprint density at radius 2 is 2.05 bits per heavy atom. The molecule has 0 spiro atoms. The molecule has 0 atom stereocenters. The Kier molecular flexibility index (Phi) is 4.42. The highest BCUT2D eigenvalue weighted by Crippen LogP contribution is 2.26. The Balaban J connectivity index is 2.33. The zero-order chi connectivity index (χ0) is 15.4. The normalized spacial score (nSPS) is 10.2. The number of methoxy groups -OCH3 is 1. The first-order valence-corrected chi connectivity index (χ1v) is 6.49. The standard InChI is InChI=1S/C16H18FN3O/c1-20(10-11-4-3-5-12(17)8-11)15-9-13(21-2)6-7-14(15)16(18)19/h3-9H,10H2,1-2H3,(H3,18,19). The first-order valence-electron chi connectivity index (χ1n) is 6.49. The van der Waals surface area contributed by atoms with Gasteiger partial charge in [-0.05, 0) is 29.8 Å². The van der Waals surface area contributed by atoms with E-state index in [1.54, 1.807) is 25.3 Å². The topological polar surface area (TPSA) is 62.3 Å². The molecule has 0 heterocycles. The Morgan fingerprint density at radius 3 is 2.67 bits per heavy atom. The molecule has 3 N–H and O–H groups in total. The molecule has 0 aliphatic heterocycles. The highest BCUT2D eigenvalue weighted by Gasteiger charge is 2.12. The molecule has 0 saturated carbocycles. The summed E-state index contributed by atoms with van der Waals surface area (Å²) < 4.78 is 18.5. The second kappa shape index (κ2) is 6.26. The molecule has 0 aliphatic rings. The minimum atomic E-state index is -0.265. The number of hydrogen-bond acceptors (Lipinski definition) is 3. The lowest BCUT2D eigenvalue weighted by atomic mass is 10.1. The molecule has 21 heavy (non-hydrogen) atoms. The molecule has 0 fully saturated rings. The van der Waals surface area contributed by atoms with Crippen molar-refractivity contribution in [2.75, 3.05) is 19.1 Å². The molecular formula is C16H18FN3O. The van der Waals surface area contributed by atoms with Gasteiger partial charge in [0.15, 0.2) is 0 Å². The largest absolute Gasteiger partial charge is 0.497 e. The van der Waals surface area contributed by atoms with Gasteiger partial charge in [0, 0.05) is 25.2 Å². The van der Waals surface area contributed by atoms with Crippen LogP contribution < -0.4 is 15.4 Å². The highest BCUT2D eigenvalue weighted by molar-refractivity contribution is 6.00. The summed E-state index contributed by atoms with van der Waals surface area (Å²) in [5.74, 6) is 0.401. The zero-order valence-electron chi connectivity index (χ0n) is 12.1. The number of benzene rings is 2. The number of halogens is 1. The fourth-order valence-corrected chi connectivity index (χ4v) is 2.18. The number of rotatable bonds is 5. The number of nitrogens with one attached hydrogen (secondary N) is 1. The van der Waals surface area contributed by atoms with Gasteiger partial charge in [-0.3, -0.25) is 5.41 Å². The van der Waals surface area contributed by atoms with E-state index in [-0.39, 0.29) is 11.7 Å². The van der Waals surface area contributed by atoms with Crippen LogP contribution in [-0.4, -0.2) is 20.0 Å². The van der Waals surface area contributed by atoms with Gasteiger partial charge in [-0.2, -0.15) is 0 Å². The predicted octanol–water partition coefficient (Wildman–Crippen LogP) is 2.75. The van der Waals surface area contributed by atoms with E-state index in [1.165, 1.54) is 12.1 Å². The SMILES string of the molecule is COc1ccc(C(=N)N)c(N(C)Cc2cccc(F)c2)c1. The average molecular weight is 287 g/mol. The molecule has 0 radical (unpaired) electrons. The maximum atomic E-state index is 13.3. The van der Waals surface area contributed by atoms with Crippen molar-refractivity contribution < 1.29 is 9.13 Å². The van der Waals surface area contributed by atoms with Gasteiger partial charge in [-0.15, -0.1) is 0 Å². The van der Waals surface area contributed by atoms with Crippen molar-refractivity contribution in [3.05, 3.63) is 59.4 Å². The number of hydrogen-bond donors (Lipinski definition) is 2. The third-order valence-corrected chi connectivity index (χ3v) is 3.22. The minimum absolute atomic E-state index is 0.0151. The lowest BCUT2D eigenvalue weighted by Crippen LogP contribution is -2.22. The average Bonchev–Trinajstić information content (AvgIpc) is 2.46. The van der Waals surface area contributed by atoms with Crippen molar-refractivity contribution in [3.8, 4) is 5.75 Å². The van der Waals surface area contributed by atoms with Crippen LogP contribution in [0.5, 0.6) is 5.75 Å². The summed E-state index contributed by atoms with van der Waals surface area (Å²) >= 11 is 0. The maximum Gasteiger partial charge on any atom is 0.124 e. The van der Waals surface area contributed by atoms with E-state index in [2.05, 4.69) is 0 Å². The lowest BCUT2D eigenvalue weighted by molar-refractivity contribution is 0.415. The summed E-state index contributed by atoms with van der Waals surface area (Å²) in [6, 6.07) is 11.8. The van der Waals surface area contributed by atoms with E-state index in [0.717, 1.165) is 11.3 Å². The lowest BCUT2D eigenvalue weighted by Gasteiger charge is -2.23. The third kappa shape index (κ3) is 3.51. The van der Waals surface area contributed by atoms with E-state index in [0.29, 0.717) is 17.9 Å². The number of nitrogens with zero attached hydrogens (tertiary/aromatic N) is 1. The van der Waals surface area contributed by atoms with Crippen LogP contribution in [0, 0.1) is 11.2 Å². The Labute approximate surface area is 123 Å². The second-order valence-electron chi connectivity index (χ2n) is 4.78. The summed E-state index contributed by atoms with van der Waals surface area (Å²) in [6.07, 6.45) is 0. The third-order valence-electron chi connectivity index (χ3n) is 3.22. The summed E-state index contributed by atoms with van der Waals surface area (Å²) in [4.78, 5) is 1.91. The molecule has 2 aromatic carbocycles. The molecule has 0 unspecified atom stereocenters. The van der Waals surface area contributed by atoms with E-state index in [9.17, 15) is 4.39 Å². The van der Waals surface area contributed by atoms with Crippen molar-refractivity contribution in [1.29, 1.82) is 5.41 Å². The van der Waals surface area contributed by atoms with Crippen LogP contribution in [0.2, 0.25) is 0 Å². The number of nitrogen functional groups attached to an aromatic ring is 1. The van der Waals surface area contributed by atoms with Crippen LogP contribution in [0.3, 0.4) is 0 Å². The van der Waals surface area contributed by atoms with Gasteiger partial charge in [-0.25, -0.2) is 4.39 Å². The molecule has 2 rings (SSSR count). The minimum Gasteiger partial charge on any atom is -0.497 e.